The molecule has 1 N–H and O–H groups in total. The molecular weight excluding hydrogens is 332 g/mol. The molecule has 0 unspecified atom stereocenters. The molecule has 3 rings (SSSR count). The number of para-hydroxylation sites is 1. The molecule has 1 aromatic carbocycles. The third-order valence-electron chi connectivity index (χ3n) is 4.29. The third kappa shape index (κ3) is 3.22. The number of rotatable bonds is 4. The van der Waals surface area contributed by atoms with Crippen LogP contribution in [-0.4, -0.2) is 15.7 Å². The fourth-order valence-corrected chi connectivity index (χ4v) is 2.72. The van der Waals surface area contributed by atoms with Crippen molar-refractivity contribution in [2.75, 3.05) is 0 Å². The molecule has 0 fully saturated rings. The average Bonchev–Trinajstić information content (AvgIpc) is 3.04. The number of hydrogen-bond donors (Lipinski definition) is 1. The summed E-state index contributed by atoms with van der Waals surface area (Å²) in [7, 11) is 0. The smallest absolute Gasteiger partial charge is 0.285 e. The number of aromatic nitrogens is 2. The number of aryl methyl sites for hydroxylation is 1. The maximum atomic E-state index is 12.3. The van der Waals surface area contributed by atoms with E-state index in [1.807, 2.05) is 36.4 Å². The van der Waals surface area contributed by atoms with E-state index in [2.05, 4.69) is 10.4 Å². The van der Waals surface area contributed by atoms with E-state index >= 15 is 0 Å². The molecule has 2 heterocycles. The van der Waals surface area contributed by atoms with Crippen molar-refractivity contribution in [1.82, 2.24) is 15.1 Å². The molecule has 3 aromatic rings. The first-order chi connectivity index (χ1) is 12.4. The summed E-state index contributed by atoms with van der Waals surface area (Å²) in [4.78, 5) is 24.6. The molecule has 1 atom stereocenters. The Morgan fingerprint density at radius 1 is 1.38 bits per heavy atom. The van der Waals surface area contributed by atoms with Crippen LogP contribution in [0.25, 0.3) is 11.0 Å². The van der Waals surface area contributed by atoms with E-state index in [1.165, 1.54) is 0 Å². The molecule has 0 aliphatic heterocycles. The predicted molar refractivity (Wildman–Crippen MR) is 95.5 cm³/mol. The maximum Gasteiger partial charge on any atom is 0.285 e. The molecule has 132 valence electrons. The molecular formula is C19H18N4O3. The van der Waals surface area contributed by atoms with E-state index in [9.17, 15) is 9.59 Å². The van der Waals surface area contributed by atoms with Crippen LogP contribution in [0.5, 0.6) is 0 Å². The van der Waals surface area contributed by atoms with Crippen molar-refractivity contribution in [2.45, 2.75) is 33.4 Å². The van der Waals surface area contributed by atoms with E-state index < -0.39 is 5.56 Å². The first-order valence-electron chi connectivity index (χ1n) is 8.17. The number of hydrogen-bond acceptors (Lipinski definition) is 5. The zero-order valence-electron chi connectivity index (χ0n) is 14.7. The molecule has 0 saturated heterocycles. The highest BCUT2D eigenvalue weighted by atomic mass is 16.3. The highest BCUT2D eigenvalue weighted by molar-refractivity contribution is 5.79. The lowest BCUT2D eigenvalue weighted by Gasteiger charge is -2.13. The van der Waals surface area contributed by atoms with Gasteiger partial charge in [-0.25, -0.2) is 4.68 Å². The standard InChI is InChI=1S/C19H18N4O3/c1-11-12(2)22-23(19(25)15(11)9-20)10-18(24)21-13(3)17-8-14-6-4-5-7-16(14)26-17/h4-8,13H,10H2,1-3H3,(H,21,24)/t13-/m1/s1. The fourth-order valence-electron chi connectivity index (χ4n) is 2.72. The number of nitrogens with one attached hydrogen (secondary N) is 1. The van der Waals surface area contributed by atoms with Crippen LogP contribution in [-0.2, 0) is 11.3 Å². The van der Waals surface area contributed by atoms with Gasteiger partial charge in [-0.3, -0.25) is 9.59 Å². The summed E-state index contributed by atoms with van der Waals surface area (Å²) >= 11 is 0. The van der Waals surface area contributed by atoms with E-state index in [0.29, 0.717) is 17.0 Å². The van der Waals surface area contributed by atoms with E-state index in [-0.39, 0.29) is 24.1 Å². The van der Waals surface area contributed by atoms with E-state index in [1.54, 1.807) is 20.8 Å². The van der Waals surface area contributed by atoms with Crippen LogP contribution in [0.2, 0.25) is 0 Å². The molecule has 0 aliphatic rings. The quantitative estimate of drug-likeness (QED) is 0.778. The lowest BCUT2D eigenvalue weighted by Crippen LogP contribution is -2.36. The zero-order chi connectivity index (χ0) is 18.8. The number of furan rings is 1. The van der Waals surface area contributed by atoms with Gasteiger partial charge in [0.1, 0.15) is 29.5 Å². The SMILES string of the molecule is Cc1nn(CC(=O)N[C@H](C)c2cc3ccccc3o2)c(=O)c(C#N)c1C. The van der Waals surface area contributed by atoms with Gasteiger partial charge in [0.05, 0.1) is 11.7 Å². The summed E-state index contributed by atoms with van der Waals surface area (Å²) in [6.07, 6.45) is 0. The highest BCUT2D eigenvalue weighted by Crippen LogP contribution is 2.23. The Labute approximate surface area is 149 Å². The molecule has 7 heteroatoms. The molecule has 1 amide bonds. The number of nitrogens with zero attached hydrogens (tertiary/aromatic N) is 3. The largest absolute Gasteiger partial charge is 0.459 e. The topological polar surface area (TPSA) is 101 Å². The minimum atomic E-state index is -0.567. The van der Waals surface area contributed by atoms with Crippen LogP contribution in [0.4, 0.5) is 0 Å². The zero-order valence-corrected chi connectivity index (χ0v) is 14.7. The van der Waals surface area contributed by atoms with Crippen LogP contribution in [0.15, 0.2) is 39.5 Å². The van der Waals surface area contributed by atoms with Crippen LogP contribution in [0, 0.1) is 25.2 Å². The van der Waals surface area contributed by atoms with Gasteiger partial charge in [0.25, 0.3) is 5.56 Å². The van der Waals surface area contributed by atoms with Gasteiger partial charge in [0.15, 0.2) is 0 Å². The van der Waals surface area contributed by atoms with Crippen LogP contribution in [0.1, 0.15) is 35.5 Å². The monoisotopic (exact) mass is 350 g/mol. The summed E-state index contributed by atoms with van der Waals surface area (Å²) < 4.78 is 6.75. The minimum absolute atomic E-state index is 0.00985. The second kappa shape index (κ2) is 6.84. The lowest BCUT2D eigenvalue weighted by atomic mass is 10.1. The molecule has 26 heavy (non-hydrogen) atoms. The summed E-state index contributed by atoms with van der Waals surface area (Å²) in [6, 6.07) is 11.0. The molecule has 7 nitrogen and oxygen atoms in total. The number of amides is 1. The molecule has 0 saturated carbocycles. The average molecular weight is 350 g/mol. The van der Waals surface area contributed by atoms with Gasteiger partial charge in [0, 0.05) is 5.39 Å². The predicted octanol–water partition coefficient (Wildman–Crippen LogP) is 2.36. The second-order valence-electron chi connectivity index (χ2n) is 6.14. The molecule has 0 bridgehead atoms. The van der Waals surface area contributed by atoms with Crippen LogP contribution < -0.4 is 10.9 Å². The highest BCUT2D eigenvalue weighted by Gasteiger charge is 2.17. The van der Waals surface area contributed by atoms with Crippen molar-refractivity contribution >= 4 is 16.9 Å². The summed E-state index contributed by atoms with van der Waals surface area (Å²) in [5.41, 5.74) is 1.26. The first kappa shape index (κ1) is 17.4. The van der Waals surface area contributed by atoms with Gasteiger partial charge in [0.2, 0.25) is 5.91 Å². The van der Waals surface area contributed by atoms with Gasteiger partial charge >= 0.3 is 0 Å². The molecule has 2 aromatic heterocycles. The number of carbonyl (C=O) groups excluding carboxylic acids is 1. The Morgan fingerprint density at radius 2 is 2.12 bits per heavy atom. The van der Waals surface area contributed by atoms with Gasteiger partial charge < -0.3 is 9.73 Å². The Kier molecular flexibility index (Phi) is 4.59. The van der Waals surface area contributed by atoms with Gasteiger partial charge in [-0.1, -0.05) is 18.2 Å². The molecule has 0 spiro atoms. The first-order valence-corrected chi connectivity index (χ1v) is 8.17. The van der Waals surface area contributed by atoms with Crippen molar-refractivity contribution in [3.05, 3.63) is 63.3 Å². The Bertz CT molecular complexity index is 1060. The van der Waals surface area contributed by atoms with Gasteiger partial charge in [-0.2, -0.15) is 10.4 Å². The maximum absolute atomic E-state index is 12.3. The van der Waals surface area contributed by atoms with Crippen molar-refractivity contribution in [3.8, 4) is 6.07 Å². The Hall–Kier alpha value is -3.40. The Balaban J connectivity index is 1.78. The van der Waals surface area contributed by atoms with Crippen molar-refractivity contribution in [2.24, 2.45) is 0 Å². The summed E-state index contributed by atoms with van der Waals surface area (Å²) in [6.45, 7) is 4.89. The van der Waals surface area contributed by atoms with E-state index in [4.69, 9.17) is 9.68 Å². The van der Waals surface area contributed by atoms with Crippen LogP contribution in [0.3, 0.4) is 0 Å². The number of nitriles is 1. The summed E-state index contributed by atoms with van der Waals surface area (Å²) in [5, 5.41) is 17.0. The Morgan fingerprint density at radius 3 is 2.81 bits per heavy atom. The van der Waals surface area contributed by atoms with Gasteiger partial charge in [-0.15, -0.1) is 0 Å². The second-order valence-corrected chi connectivity index (χ2v) is 6.14. The summed E-state index contributed by atoms with van der Waals surface area (Å²) in [5.74, 6) is 0.234. The minimum Gasteiger partial charge on any atom is -0.459 e. The number of carbonyl (C=O) groups is 1. The number of benzene rings is 1. The van der Waals surface area contributed by atoms with Crippen molar-refractivity contribution in [1.29, 1.82) is 5.26 Å². The number of fused-ring (bicyclic) bond motifs is 1. The lowest BCUT2D eigenvalue weighted by molar-refractivity contribution is -0.122. The normalized spacial score (nSPS) is 11.9. The van der Waals surface area contributed by atoms with Crippen LogP contribution >= 0.6 is 0 Å². The van der Waals surface area contributed by atoms with E-state index in [0.717, 1.165) is 15.7 Å². The third-order valence-corrected chi connectivity index (χ3v) is 4.29. The van der Waals surface area contributed by atoms with Gasteiger partial charge in [-0.05, 0) is 38.5 Å². The van der Waals surface area contributed by atoms with Crippen molar-refractivity contribution < 1.29 is 9.21 Å². The fraction of sp³-hybridized carbons (Fsp3) is 0.263. The molecule has 0 aliphatic carbocycles. The molecule has 0 radical (unpaired) electrons. The van der Waals surface area contributed by atoms with Crippen molar-refractivity contribution in [3.63, 3.8) is 0 Å².